The average molecular weight is 264 g/mol. The Hall–Kier alpha value is -2.45. The maximum Gasteiger partial charge on any atom is 0.327 e. The van der Waals surface area contributed by atoms with Crippen molar-refractivity contribution in [3.63, 3.8) is 0 Å². The van der Waals surface area contributed by atoms with Crippen molar-refractivity contribution >= 4 is 17.9 Å². The maximum absolute atomic E-state index is 9.25. The van der Waals surface area contributed by atoms with Crippen LogP contribution in [-0.4, -0.2) is 50.2 Å². The fraction of sp³-hybridized carbons (Fsp3) is 0.100. The Kier molecular flexibility index (Phi) is 32.9. The lowest BCUT2D eigenvalue weighted by Gasteiger charge is -1.64. The van der Waals surface area contributed by atoms with Crippen LogP contribution in [0.3, 0.4) is 0 Å². The van der Waals surface area contributed by atoms with Crippen molar-refractivity contribution in [1.82, 2.24) is 0 Å². The second-order valence-corrected chi connectivity index (χ2v) is 1.77. The van der Waals surface area contributed by atoms with E-state index in [1.54, 1.807) is 0 Å². The van der Waals surface area contributed by atoms with E-state index < -0.39 is 24.7 Å². The van der Waals surface area contributed by atoms with Gasteiger partial charge in [-0.15, -0.1) is 0 Å². The summed E-state index contributed by atoms with van der Waals surface area (Å²) in [6, 6.07) is 0. The van der Waals surface area contributed by atoms with Gasteiger partial charge < -0.3 is 25.5 Å². The molecule has 0 fully saturated rings. The number of carboxylic acid groups (broad SMARTS) is 3. The van der Waals surface area contributed by atoms with Crippen molar-refractivity contribution in [2.45, 2.75) is 0 Å². The van der Waals surface area contributed by atoms with Gasteiger partial charge in [-0.3, -0.25) is 0 Å². The van der Waals surface area contributed by atoms with Gasteiger partial charge in [0.2, 0.25) is 0 Å². The number of hydrogen-bond acceptors (Lipinski definition) is 5. The lowest BCUT2D eigenvalue weighted by molar-refractivity contribution is -0.132. The average Bonchev–Trinajstić information content (AvgIpc) is 2.31. The van der Waals surface area contributed by atoms with Gasteiger partial charge in [0.15, 0.2) is 0 Å². The van der Waals surface area contributed by atoms with Gasteiger partial charge in [0.05, 0.1) is 0 Å². The summed E-state index contributed by atoms with van der Waals surface area (Å²) < 4.78 is 0. The highest BCUT2D eigenvalue weighted by Crippen LogP contribution is 1.55. The molecular weight excluding hydrogens is 248 g/mol. The molecule has 5 N–H and O–H groups in total. The van der Waals surface area contributed by atoms with Crippen LogP contribution in [0.1, 0.15) is 0 Å². The Morgan fingerprint density at radius 2 is 0.778 bits per heavy atom. The molecule has 0 bridgehead atoms. The largest absolute Gasteiger partial charge is 0.478 e. The maximum atomic E-state index is 9.25. The van der Waals surface area contributed by atoms with Crippen LogP contribution >= 0.6 is 0 Å². The third-order valence-electron chi connectivity index (χ3n) is 0.524. The Bertz CT molecular complexity index is 226. The van der Waals surface area contributed by atoms with Crippen LogP contribution in [0.5, 0.6) is 0 Å². The highest BCUT2D eigenvalue weighted by molar-refractivity contribution is 5.79. The molecule has 18 heavy (non-hydrogen) atoms. The molecule has 0 saturated carbocycles. The monoisotopic (exact) mass is 264 g/mol. The molecule has 8 nitrogen and oxygen atoms in total. The van der Waals surface area contributed by atoms with E-state index in [-0.39, 0.29) is 0 Å². The first-order valence-corrected chi connectivity index (χ1v) is 4.01. The first-order valence-electron chi connectivity index (χ1n) is 4.01. The van der Waals surface area contributed by atoms with Gasteiger partial charge in [0.1, 0.15) is 6.79 Å². The van der Waals surface area contributed by atoms with E-state index in [9.17, 15) is 14.4 Å². The topological polar surface area (TPSA) is 152 Å². The van der Waals surface area contributed by atoms with Crippen LogP contribution in [-0.2, 0) is 14.4 Å². The summed E-state index contributed by atoms with van der Waals surface area (Å²) in [5.74, 6) is -2.94. The lowest BCUT2D eigenvalue weighted by atomic mass is 10.7. The second-order valence-electron chi connectivity index (χ2n) is 1.77. The van der Waals surface area contributed by atoms with Gasteiger partial charge >= 0.3 is 17.9 Å². The molecule has 0 aromatic rings. The zero-order valence-corrected chi connectivity index (χ0v) is 9.52. The van der Waals surface area contributed by atoms with Crippen LogP contribution in [0.2, 0.25) is 0 Å². The first kappa shape index (κ1) is 24.7. The zero-order valence-electron chi connectivity index (χ0n) is 9.52. The highest BCUT2D eigenvalue weighted by atomic mass is 16.5. The molecule has 0 aliphatic rings. The highest BCUT2D eigenvalue weighted by Gasteiger charge is 1.74. The van der Waals surface area contributed by atoms with Crippen molar-refractivity contribution < 1.29 is 39.9 Å². The van der Waals surface area contributed by atoms with Crippen molar-refractivity contribution in [1.29, 1.82) is 0 Å². The summed E-state index contributed by atoms with van der Waals surface area (Å²) in [6.07, 6.45) is 2.50. The van der Waals surface area contributed by atoms with Gasteiger partial charge in [-0.05, 0) is 0 Å². The summed E-state index contributed by atoms with van der Waals surface area (Å²) in [5.41, 5.74) is 0. The quantitative estimate of drug-likeness (QED) is 0.344. The number of hydrogen-bond donors (Lipinski definition) is 5. The molecule has 0 rings (SSSR count). The normalized spacial score (nSPS) is 6.33. The predicted molar refractivity (Wildman–Crippen MR) is 62.8 cm³/mol. The minimum atomic E-state index is -0.981. The van der Waals surface area contributed by atoms with Gasteiger partial charge in [0.25, 0.3) is 0 Å². The molecule has 0 amide bonds. The van der Waals surface area contributed by atoms with E-state index in [1.165, 1.54) is 0 Å². The summed E-state index contributed by atoms with van der Waals surface area (Å²) >= 11 is 0. The van der Waals surface area contributed by atoms with Gasteiger partial charge in [0, 0.05) is 18.2 Å². The Labute approximate surface area is 103 Å². The predicted octanol–water partition coefficient (Wildman–Crippen LogP) is -0.300. The van der Waals surface area contributed by atoms with E-state index in [0.29, 0.717) is 0 Å². The van der Waals surface area contributed by atoms with E-state index in [2.05, 4.69) is 19.7 Å². The summed E-state index contributed by atoms with van der Waals surface area (Å²) in [4.78, 5) is 27.8. The number of carbonyl (C=O) groups is 3. The number of aliphatic hydroxyl groups is 2. The second kappa shape index (κ2) is 24.0. The van der Waals surface area contributed by atoms with E-state index in [1.807, 2.05) is 0 Å². The fourth-order valence-electron chi connectivity index (χ4n) is 0. The van der Waals surface area contributed by atoms with Crippen molar-refractivity contribution in [2.24, 2.45) is 0 Å². The lowest BCUT2D eigenvalue weighted by Crippen LogP contribution is -1.82. The number of rotatable bonds is 3. The van der Waals surface area contributed by atoms with Crippen LogP contribution < -0.4 is 0 Å². The smallest absolute Gasteiger partial charge is 0.327 e. The first-order chi connectivity index (χ1) is 8.22. The molecule has 0 aliphatic heterocycles. The molecule has 8 heteroatoms. The third kappa shape index (κ3) is 169. The minimum Gasteiger partial charge on any atom is -0.478 e. The summed E-state index contributed by atoms with van der Waals surface area (Å²) in [7, 11) is 0. The summed E-state index contributed by atoms with van der Waals surface area (Å²) in [6.45, 7) is 8.13. The molecule has 0 aromatic heterocycles. The van der Waals surface area contributed by atoms with E-state index >= 15 is 0 Å². The van der Waals surface area contributed by atoms with Crippen LogP contribution in [0.25, 0.3) is 0 Å². The zero-order chi connectivity index (χ0) is 15.6. The van der Waals surface area contributed by atoms with Crippen LogP contribution in [0, 0.1) is 0 Å². The molecule has 0 aliphatic carbocycles. The number of carboxylic acids is 3. The Balaban J connectivity index is -0.0000000739. The molecule has 0 unspecified atom stereocenters. The molecule has 0 atom stereocenters. The Morgan fingerprint density at radius 3 is 0.778 bits per heavy atom. The number of aliphatic hydroxyl groups excluding tert-OH is 1. The molecular formula is C10H16O8. The molecule has 104 valence electrons. The van der Waals surface area contributed by atoms with Crippen LogP contribution in [0.4, 0.5) is 0 Å². The molecule has 0 radical (unpaired) electrons. The molecule has 0 heterocycles. The van der Waals surface area contributed by atoms with Crippen molar-refractivity contribution in [3.05, 3.63) is 38.0 Å². The number of aliphatic carboxylic acids is 3. The fourth-order valence-corrected chi connectivity index (χ4v) is 0. The third-order valence-corrected chi connectivity index (χ3v) is 0.524. The van der Waals surface area contributed by atoms with Crippen molar-refractivity contribution in [3.8, 4) is 0 Å². The standard InChI is InChI=1S/3C3H4O2.CH4O2/c3*1-2-3(4)5;2-1-3/h3*2H,1H2,(H,4,5);2-3H,1H2. The van der Waals surface area contributed by atoms with Gasteiger partial charge in [-0.2, -0.15) is 0 Å². The van der Waals surface area contributed by atoms with E-state index in [0.717, 1.165) is 18.2 Å². The molecule has 0 spiro atoms. The Morgan fingerprint density at radius 1 is 0.722 bits per heavy atom. The van der Waals surface area contributed by atoms with E-state index in [4.69, 9.17) is 25.5 Å². The SMILES string of the molecule is C=CC(=O)O.C=CC(=O)O.C=CC(=O)O.OCO. The van der Waals surface area contributed by atoms with Crippen LogP contribution in [0.15, 0.2) is 38.0 Å². The van der Waals surface area contributed by atoms with Crippen molar-refractivity contribution in [2.75, 3.05) is 6.79 Å². The molecule has 0 saturated heterocycles. The minimum absolute atomic E-state index is 0.750. The van der Waals surface area contributed by atoms with Gasteiger partial charge in [-0.1, -0.05) is 19.7 Å². The molecule has 0 aromatic carbocycles. The van der Waals surface area contributed by atoms with Gasteiger partial charge in [-0.25, -0.2) is 14.4 Å². The summed E-state index contributed by atoms with van der Waals surface area (Å²) in [5, 5.41) is 37.1.